The summed E-state index contributed by atoms with van der Waals surface area (Å²) in [6.07, 6.45) is 0. The number of nitro groups is 1. The van der Waals surface area contributed by atoms with Crippen molar-refractivity contribution in [2.24, 2.45) is 0 Å². The third-order valence-corrected chi connectivity index (χ3v) is 6.14. The Bertz CT molecular complexity index is 872. The minimum absolute atomic E-state index is 0.0399. The molecular formula is C16H22N4O4S. The van der Waals surface area contributed by atoms with Crippen LogP contribution in [0.1, 0.15) is 30.8 Å². The van der Waals surface area contributed by atoms with Crippen LogP contribution in [0.2, 0.25) is 0 Å². The van der Waals surface area contributed by atoms with Gasteiger partial charge in [0.2, 0.25) is 10.0 Å². The molecule has 0 saturated heterocycles. The second-order valence-electron chi connectivity index (χ2n) is 5.65. The molecule has 0 amide bonds. The largest absolute Gasteiger partial charge is 0.270 e. The molecule has 25 heavy (non-hydrogen) atoms. The van der Waals surface area contributed by atoms with Crippen molar-refractivity contribution in [2.45, 2.75) is 45.7 Å². The monoisotopic (exact) mass is 366 g/mol. The van der Waals surface area contributed by atoms with Crippen molar-refractivity contribution in [3.8, 4) is 0 Å². The average Bonchev–Trinajstić information content (AvgIpc) is 2.86. The number of benzene rings is 1. The first kappa shape index (κ1) is 19.1. The van der Waals surface area contributed by atoms with E-state index in [1.807, 2.05) is 25.5 Å². The summed E-state index contributed by atoms with van der Waals surface area (Å²) in [5, 5.41) is 15.2. The zero-order valence-electron chi connectivity index (χ0n) is 14.8. The lowest BCUT2D eigenvalue weighted by molar-refractivity contribution is -0.384. The summed E-state index contributed by atoms with van der Waals surface area (Å²) in [5.41, 5.74) is 2.49. The molecule has 1 aromatic carbocycles. The molecule has 0 aliphatic carbocycles. The van der Waals surface area contributed by atoms with Crippen LogP contribution in [0.25, 0.3) is 0 Å². The van der Waals surface area contributed by atoms with Crippen LogP contribution in [0.4, 0.5) is 5.69 Å². The van der Waals surface area contributed by atoms with E-state index in [0.29, 0.717) is 6.54 Å². The molecule has 1 heterocycles. The van der Waals surface area contributed by atoms with Crippen LogP contribution in [0.5, 0.6) is 0 Å². The van der Waals surface area contributed by atoms with E-state index in [-0.39, 0.29) is 23.7 Å². The van der Waals surface area contributed by atoms with Gasteiger partial charge in [-0.1, -0.05) is 6.92 Å². The number of hydrogen-bond acceptors (Lipinski definition) is 5. The quantitative estimate of drug-likeness (QED) is 0.554. The molecular weight excluding hydrogens is 344 g/mol. The van der Waals surface area contributed by atoms with Gasteiger partial charge in [0.25, 0.3) is 5.69 Å². The fraction of sp³-hybridized carbons (Fsp3) is 0.438. The fourth-order valence-electron chi connectivity index (χ4n) is 2.70. The van der Waals surface area contributed by atoms with Gasteiger partial charge in [-0.3, -0.25) is 14.8 Å². The third-order valence-electron chi connectivity index (χ3n) is 4.20. The Morgan fingerprint density at radius 2 is 1.80 bits per heavy atom. The normalized spacial score (nSPS) is 11.9. The second-order valence-corrected chi connectivity index (χ2v) is 7.59. The Labute approximate surface area is 147 Å². The smallest absolute Gasteiger partial charge is 0.269 e. The molecule has 0 radical (unpaired) electrons. The number of rotatable bonds is 7. The Morgan fingerprint density at radius 1 is 1.20 bits per heavy atom. The molecule has 136 valence electrons. The highest BCUT2D eigenvalue weighted by atomic mass is 32.2. The summed E-state index contributed by atoms with van der Waals surface area (Å²) < 4.78 is 29.0. The van der Waals surface area contributed by atoms with Crippen molar-refractivity contribution < 1.29 is 13.3 Å². The molecule has 0 spiro atoms. The molecule has 0 fully saturated rings. The maximum Gasteiger partial charge on any atom is 0.269 e. The van der Waals surface area contributed by atoms with E-state index in [1.165, 1.54) is 28.6 Å². The predicted octanol–water partition coefficient (Wildman–Crippen LogP) is 2.64. The minimum atomic E-state index is -3.75. The standard InChI is InChI=1S/C16H22N4O4S/c1-5-18(11-16-12(3)17-19(6-2)13(16)4)25(23,24)15-9-7-14(8-10-15)20(21)22/h7-10H,5-6,11H2,1-4H3. The molecule has 9 heteroatoms. The number of aromatic nitrogens is 2. The van der Waals surface area contributed by atoms with E-state index in [4.69, 9.17) is 0 Å². The zero-order chi connectivity index (χ0) is 18.8. The Balaban J connectivity index is 2.36. The summed E-state index contributed by atoms with van der Waals surface area (Å²) in [6, 6.07) is 4.94. The Hall–Kier alpha value is -2.26. The molecule has 1 aromatic heterocycles. The van der Waals surface area contributed by atoms with Gasteiger partial charge < -0.3 is 0 Å². The molecule has 0 aliphatic heterocycles. The number of nitrogens with zero attached hydrogens (tertiary/aromatic N) is 4. The number of aryl methyl sites for hydroxylation is 2. The highest BCUT2D eigenvalue weighted by Crippen LogP contribution is 2.23. The van der Waals surface area contributed by atoms with Gasteiger partial charge in [0, 0.05) is 43.0 Å². The zero-order valence-corrected chi connectivity index (χ0v) is 15.6. The molecule has 0 N–H and O–H groups in total. The summed E-state index contributed by atoms with van der Waals surface area (Å²) in [5.74, 6) is 0. The number of non-ortho nitro benzene ring substituents is 1. The van der Waals surface area contributed by atoms with Crippen LogP contribution < -0.4 is 0 Å². The van der Waals surface area contributed by atoms with E-state index in [1.54, 1.807) is 6.92 Å². The van der Waals surface area contributed by atoms with Crippen molar-refractivity contribution in [3.63, 3.8) is 0 Å². The highest BCUT2D eigenvalue weighted by Gasteiger charge is 2.26. The molecule has 0 bridgehead atoms. The molecule has 2 aromatic rings. The van der Waals surface area contributed by atoms with Crippen molar-refractivity contribution in [1.29, 1.82) is 0 Å². The lowest BCUT2D eigenvalue weighted by Gasteiger charge is -2.21. The molecule has 0 saturated carbocycles. The van der Waals surface area contributed by atoms with E-state index in [2.05, 4.69) is 5.10 Å². The van der Waals surface area contributed by atoms with Crippen molar-refractivity contribution in [1.82, 2.24) is 14.1 Å². The van der Waals surface area contributed by atoms with Crippen molar-refractivity contribution in [2.75, 3.05) is 6.54 Å². The average molecular weight is 366 g/mol. The van der Waals surface area contributed by atoms with Gasteiger partial charge in [0.15, 0.2) is 0 Å². The maximum atomic E-state index is 12.9. The third kappa shape index (κ3) is 3.72. The highest BCUT2D eigenvalue weighted by molar-refractivity contribution is 7.89. The first-order chi connectivity index (χ1) is 11.7. The number of hydrogen-bond donors (Lipinski definition) is 0. The van der Waals surface area contributed by atoms with Crippen molar-refractivity contribution in [3.05, 3.63) is 51.3 Å². The van der Waals surface area contributed by atoms with E-state index in [9.17, 15) is 18.5 Å². The van der Waals surface area contributed by atoms with Crippen LogP contribution in [-0.2, 0) is 23.1 Å². The fourth-order valence-corrected chi connectivity index (χ4v) is 4.12. The van der Waals surface area contributed by atoms with Gasteiger partial charge in [0.05, 0.1) is 15.5 Å². The van der Waals surface area contributed by atoms with Crippen LogP contribution in [-0.4, -0.2) is 34.0 Å². The van der Waals surface area contributed by atoms with Gasteiger partial charge in [0.1, 0.15) is 0 Å². The van der Waals surface area contributed by atoms with Gasteiger partial charge >= 0.3 is 0 Å². The van der Waals surface area contributed by atoms with Gasteiger partial charge in [-0.2, -0.15) is 9.40 Å². The first-order valence-corrected chi connectivity index (χ1v) is 9.43. The minimum Gasteiger partial charge on any atom is -0.270 e. The van der Waals surface area contributed by atoms with E-state index < -0.39 is 14.9 Å². The molecule has 2 rings (SSSR count). The molecule has 0 aliphatic rings. The summed E-state index contributed by atoms with van der Waals surface area (Å²) in [6.45, 7) is 8.75. The molecule has 0 unspecified atom stereocenters. The second kappa shape index (κ2) is 7.32. The lowest BCUT2D eigenvalue weighted by Crippen LogP contribution is -2.30. The number of nitro benzene ring substituents is 1. The Morgan fingerprint density at radius 3 is 2.24 bits per heavy atom. The molecule has 0 atom stereocenters. The summed E-state index contributed by atoms with van der Waals surface area (Å²) >= 11 is 0. The van der Waals surface area contributed by atoms with E-state index in [0.717, 1.165) is 17.0 Å². The van der Waals surface area contributed by atoms with Crippen LogP contribution in [0.15, 0.2) is 29.2 Å². The summed E-state index contributed by atoms with van der Waals surface area (Å²) in [7, 11) is -3.75. The predicted molar refractivity (Wildman–Crippen MR) is 93.7 cm³/mol. The van der Waals surface area contributed by atoms with E-state index >= 15 is 0 Å². The van der Waals surface area contributed by atoms with Crippen molar-refractivity contribution >= 4 is 15.7 Å². The van der Waals surface area contributed by atoms with Gasteiger partial charge in [-0.25, -0.2) is 8.42 Å². The maximum absolute atomic E-state index is 12.9. The Kier molecular flexibility index (Phi) is 5.58. The van der Waals surface area contributed by atoms with Gasteiger partial charge in [-0.05, 0) is 32.9 Å². The molecule has 8 nitrogen and oxygen atoms in total. The van der Waals surface area contributed by atoms with Gasteiger partial charge in [-0.15, -0.1) is 0 Å². The van der Waals surface area contributed by atoms with Crippen LogP contribution in [0.3, 0.4) is 0 Å². The number of sulfonamides is 1. The SMILES string of the molecule is CCN(Cc1c(C)nn(CC)c1C)S(=O)(=O)c1ccc([N+](=O)[O-])cc1. The topological polar surface area (TPSA) is 98.3 Å². The van der Waals surface area contributed by atoms with Crippen LogP contribution >= 0.6 is 0 Å². The van der Waals surface area contributed by atoms with Crippen LogP contribution in [0, 0.1) is 24.0 Å². The lowest BCUT2D eigenvalue weighted by atomic mass is 10.2. The first-order valence-electron chi connectivity index (χ1n) is 7.99. The summed E-state index contributed by atoms with van der Waals surface area (Å²) in [4.78, 5) is 10.2.